The smallest absolute Gasteiger partial charge is 0.358 e. The van der Waals surface area contributed by atoms with E-state index in [9.17, 15) is 0 Å². The SMILES string of the molecule is O=P(O)(O)O.[CH3-].[Li+]. The maximum absolute atomic E-state index is 8.88. The zero-order valence-corrected chi connectivity index (χ0v) is 5.09. The molecule has 0 unspecified atom stereocenters. The van der Waals surface area contributed by atoms with Gasteiger partial charge in [0.1, 0.15) is 0 Å². The van der Waals surface area contributed by atoms with E-state index in [1.807, 2.05) is 0 Å². The van der Waals surface area contributed by atoms with Gasteiger partial charge in [0.2, 0.25) is 0 Å². The second-order valence-corrected chi connectivity index (χ2v) is 1.54. The minimum absolute atomic E-state index is 0. The molecule has 0 aromatic heterocycles. The van der Waals surface area contributed by atoms with Gasteiger partial charge in [-0.15, -0.1) is 0 Å². The summed E-state index contributed by atoms with van der Waals surface area (Å²) in [7, 11) is -4.64. The van der Waals surface area contributed by atoms with Crippen LogP contribution in [0.15, 0.2) is 0 Å². The second-order valence-electron chi connectivity index (χ2n) is 0.513. The molecule has 0 radical (unpaired) electrons. The van der Waals surface area contributed by atoms with E-state index in [0.29, 0.717) is 0 Å². The summed E-state index contributed by atoms with van der Waals surface area (Å²) in [6.45, 7) is 0. The van der Waals surface area contributed by atoms with Crippen LogP contribution in [0.5, 0.6) is 0 Å². The molecule has 0 bridgehead atoms. The van der Waals surface area contributed by atoms with Crippen molar-refractivity contribution in [2.75, 3.05) is 0 Å². The fourth-order valence-corrected chi connectivity index (χ4v) is 0. The Bertz CT molecular complexity index is 57.8. The first-order valence-corrected chi connectivity index (χ1v) is 2.35. The maximum Gasteiger partial charge on any atom is 1.00 e. The van der Waals surface area contributed by atoms with Gasteiger partial charge in [0.05, 0.1) is 0 Å². The fourth-order valence-electron chi connectivity index (χ4n) is 0. The van der Waals surface area contributed by atoms with Gasteiger partial charge in [0, 0.05) is 0 Å². The van der Waals surface area contributed by atoms with E-state index in [1.54, 1.807) is 0 Å². The molecule has 0 fully saturated rings. The predicted octanol–water partition coefficient (Wildman–Crippen LogP) is -3.47. The zero-order valence-electron chi connectivity index (χ0n) is 4.20. The van der Waals surface area contributed by atoms with Gasteiger partial charge in [-0.2, -0.15) is 0 Å². The summed E-state index contributed by atoms with van der Waals surface area (Å²) in [5.74, 6) is 0. The van der Waals surface area contributed by atoms with Crippen molar-refractivity contribution in [3.8, 4) is 0 Å². The molecule has 7 heavy (non-hydrogen) atoms. The van der Waals surface area contributed by atoms with E-state index in [2.05, 4.69) is 0 Å². The summed E-state index contributed by atoms with van der Waals surface area (Å²) in [6.07, 6.45) is 0. The Morgan fingerprint density at radius 3 is 1.14 bits per heavy atom. The van der Waals surface area contributed by atoms with Gasteiger partial charge in [0.15, 0.2) is 0 Å². The zero-order chi connectivity index (χ0) is 4.50. The first-order chi connectivity index (χ1) is 2.00. The van der Waals surface area contributed by atoms with Gasteiger partial charge in [-0.3, -0.25) is 0 Å². The van der Waals surface area contributed by atoms with Crippen molar-refractivity contribution in [3.63, 3.8) is 0 Å². The van der Waals surface area contributed by atoms with Crippen molar-refractivity contribution in [2.24, 2.45) is 0 Å². The van der Waals surface area contributed by atoms with Crippen LogP contribution in [0, 0.1) is 7.43 Å². The maximum atomic E-state index is 8.88. The van der Waals surface area contributed by atoms with E-state index >= 15 is 0 Å². The van der Waals surface area contributed by atoms with Gasteiger partial charge in [-0.1, -0.05) is 0 Å². The minimum atomic E-state index is -4.64. The van der Waals surface area contributed by atoms with Crippen molar-refractivity contribution in [2.45, 2.75) is 0 Å². The Kier molecular flexibility index (Phi) is 10.9. The summed E-state index contributed by atoms with van der Waals surface area (Å²) < 4.78 is 8.88. The predicted molar refractivity (Wildman–Crippen MR) is 20.7 cm³/mol. The molecule has 0 aliphatic heterocycles. The van der Waals surface area contributed by atoms with Crippen LogP contribution in [-0.2, 0) is 4.57 Å². The molecular weight excluding hydrogens is 114 g/mol. The molecule has 0 amide bonds. The number of hydrogen-bond donors (Lipinski definition) is 3. The molecule has 0 aromatic rings. The molecule has 4 nitrogen and oxygen atoms in total. The summed E-state index contributed by atoms with van der Waals surface area (Å²) in [4.78, 5) is 21.6. The van der Waals surface area contributed by atoms with Crippen LogP contribution < -0.4 is 18.9 Å². The first kappa shape index (κ1) is 15.6. The third-order valence-electron chi connectivity index (χ3n) is 0. The molecule has 0 atom stereocenters. The molecular formula is CH6LiO4P. The summed E-state index contributed by atoms with van der Waals surface area (Å²) in [5.41, 5.74) is 0. The van der Waals surface area contributed by atoms with Crippen LogP contribution >= 0.6 is 7.82 Å². The molecule has 0 saturated carbocycles. The Morgan fingerprint density at radius 2 is 1.14 bits per heavy atom. The van der Waals surface area contributed by atoms with Crippen molar-refractivity contribution in [3.05, 3.63) is 7.43 Å². The second kappa shape index (κ2) is 4.86. The average Bonchev–Trinajstić information content (AvgIpc) is 0.722. The molecule has 40 valence electrons. The Balaban J connectivity index is -0.0000000800. The van der Waals surface area contributed by atoms with Crippen molar-refractivity contribution >= 4 is 7.82 Å². The van der Waals surface area contributed by atoms with Crippen LogP contribution in [0.25, 0.3) is 0 Å². The normalized spacial score (nSPS) is 8.43. The number of phosphoric acid groups is 1. The minimum Gasteiger partial charge on any atom is -0.358 e. The topological polar surface area (TPSA) is 77.8 Å². The summed E-state index contributed by atoms with van der Waals surface area (Å²) in [5, 5.41) is 0. The molecule has 0 aromatic carbocycles. The third kappa shape index (κ3) is 297. The van der Waals surface area contributed by atoms with E-state index in [4.69, 9.17) is 19.2 Å². The van der Waals surface area contributed by atoms with Crippen molar-refractivity contribution in [1.29, 1.82) is 0 Å². The van der Waals surface area contributed by atoms with Gasteiger partial charge in [-0.25, -0.2) is 4.57 Å². The van der Waals surface area contributed by atoms with E-state index < -0.39 is 7.82 Å². The molecule has 0 spiro atoms. The van der Waals surface area contributed by atoms with E-state index in [-0.39, 0.29) is 26.3 Å². The first-order valence-electron chi connectivity index (χ1n) is 0.783. The summed E-state index contributed by atoms with van der Waals surface area (Å²) >= 11 is 0. The molecule has 6 heteroatoms. The molecule has 0 aliphatic carbocycles. The average molecular weight is 120 g/mol. The summed E-state index contributed by atoms with van der Waals surface area (Å²) in [6, 6.07) is 0. The molecule has 3 N–H and O–H groups in total. The Hall–Kier alpha value is 0.707. The van der Waals surface area contributed by atoms with Crippen LogP contribution in [0.2, 0.25) is 0 Å². The van der Waals surface area contributed by atoms with Gasteiger partial charge < -0.3 is 22.1 Å². The molecule has 0 rings (SSSR count). The quantitative estimate of drug-likeness (QED) is 0.176. The van der Waals surface area contributed by atoms with Crippen LogP contribution in [0.1, 0.15) is 0 Å². The van der Waals surface area contributed by atoms with E-state index in [0.717, 1.165) is 0 Å². The molecule has 0 aliphatic rings. The number of hydrogen-bond acceptors (Lipinski definition) is 1. The van der Waals surface area contributed by atoms with Crippen LogP contribution in [-0.4, -0.2) is 14.7 Å². The Labute approximate surface area is 54.0 Å². The molecule has 0 heterocycles. The van der Waals surface area contributed by atoms with Crippen LogP contribution in [0.3, 0.4) is 0 Å². The van der Waals surface area contributed by atoms with E-state index in [1.165, 1.54) is 0 Å². The van der Waals surface area contributed by atoms with Gasteiger partial charge in [-0.05, 0) is 0 Å². The van der Waals surface area contributed by atoms with Crippen molar-refractivity contribution < 1.29 is 38.1 Å². The monoisotopic (exact) mass is 120 g/mol. The molecule has 0 saturated heterocycles. The van der Waals surface area contributed by atoms with Crippen molar-refractivity contribution in [1.82, 2.24) is 0 Å². The fraction of sp³-hybridized carbons (Fsp3) is 0. The van der Waals surface area contributed by atoms with Gasteiger partial charge >= 0.3 is 26.7 Å². The van der Waals surface area contributed by atoms with Crippen LogP contribution in [0.4, 0.5) is 0 Å². The van der Waals surface area contributed by atoms with Gasteiger partial charge in [0.25, 0.3) is 0 Å². The Morgan fingerprint density at radius 1 is 1.14 bits per heavy atom. The largest absolute Gasteiger partial charge is 1.00 e. The third-order valence-corrected chi connectivity index (χ3v) is 0. The standard InChI is InChI=1S/CH3.Li.H3O4P/c;;1-5(2,3)4/h1H3;;(H3,1,2,3,4)/q-1;+1;. The number of rotatable bonds is 0.